The predicted molar refractivity (Wildman–Crippen MR) is 124 cm³/mol. The molecule has 3 aromatic rings. The van der Waals surface area contributed by atoms with E-state index in [-0.39, 0.29) is 18.5 Å². The van der Waals surface area contributed by atoms with Crippen LogP contribution in [0, 0.1) is 23.3 Å². The van der Waals surface area contributed by atoms with Crippen LogP contribution in [-0.2, 0) is 10.2 Å². The number of nitrogens with zero attached hydrogens (tertiary/aromatic N) is 1. The van der Waals surface area contributed by atoms with Crippen molar-refractivity contribution >= 4 is 5.91 Å². The van der Waals surface area contributed by atoms with Gasteiger partial charge in [0.1, 0.15) is 23.3 Å². The van der Waals surface area contributed by atoms with Gasteiger partial charge < -0.3 is 15.7 Å². The number of amides is 1. The summed E-state index contributed by atoms with van der Waals surface area (Å²) in [5.41, 5.74) is 5.35. The van der Waals surface area contributed by atoms with Gasteiger partial charge in [0, 0.05) is 31.6 Å². The number of benzene rings is 3. The second kappa shape index (κ2) is 10.2. The van der Waals surface area contributed by atoms with E-state index >= 15 is 4.39 Å². The molecule has 0 spiro atoms. The fraction of sp³-hybridized carbons (Fsp3) is 0.296. The molecule has 1 aliphatic heterocycles. The quantitative estimate of drug-likeness (QED) is 0.468. The Morgan fingerprint density at radius 3 is 1.94 bits per heavy atom. The van der Waals surface area contributed by atoms with Crippen LogP contribution in [-0.4, -0.2) is 41.7 Å². The summed E-state index contributed by atoms with van der Waals surface area (Å²) in [5.74, 6) is -3.98. The highest BCUT2D eigenvalue weighted by Gasteiger charge is 2.44. The Kier molecular flexibility index (Phi) is 7.23. The average Bonchev–Trinajstić information content (AvgIpc) is 3.22. The fourth-order valence-electron chi connectivity index (χ4n) is 5.02. The third-order valence-electron chi connectivity index (χ3n) is 6.78. The molecule has 2 atom stereocenters. The molecule has 4 rings (SSSR count). The van der Waals surface area contributed by atoms with E-state index in [2.05, 4.69) is 0 Å². The van der Waals surface area contributed by atoms with Crippen molar-refractivity contribution in [3.8, 4) is 0 Å². The first-order valence-corrected chi connectivity index (χ1v) is 11.4. The minimum Gasteiger partial charge on any atom is -0.392 e. The predicted octanol–water partition coefficient (Wildman–Crippen LogP) is 4.25. The highest BCUT2D eigenvalue weighted by atomic mass is 19.1. The van der Waals surface area contributed by atoms with E-state index in [1.807, 2.05) is 4.90 Å². The third-order valence-corrected chi connectivity index (χ3v) is 6.78. The zero-order chi connectivity index (χ0) is 25.2. The molecule has 4 nitrogen and oxygen atoms in total. The molecule has 1 aliphatic rings. The Labute approximate surface area is 201 Å². The van der Waals surface area contributed by atoms with Crippen LogP contribution in [0.1, 0.15) is 35.4 Å². The van der Waals surface area contributed by atoms with Crippen molar-refractivity contribution in [2.24, 2.45) is 5.73 Å². The van der Waals surface area contributed by atoms with Crippen LogP contribution in [0.15, 0.2) is 66.7 Å². The number of aliphatic hydroxyl groups is 1. The number of halogens is 4. The van der Waals surface area contributed by atoms with Crippen LogP contribution >= 0.6 is 0 Å². The first kappa shape index (κ1) is 24.9. The monoisotopic (exact) mass is 486 g/mol. The number of primary amides is 1. The number of carbonyl (C=O) groups is 1. The van der Waals surface area contributed by atoms with Gasteiger partial charge in [-0.25, -0.2) is 17.6 Å². The summed E-state index contributed by atoms with van der Waals surface area (Å²) in [6.45, 7) is 1.20. The number of rotatable bonds is 8. The normalized spacial score (nSPS) is 17.5. The standard InChI is InChI=1S/C27H26F4N2O2/c28-20-5-1-18(2-6-20)27(26(32)35,19-3-7-21(29)8-4-19)14-17(15-33-12-11-23(34)16-33)24-10-9-22(30)13-25(24)31/h1-10,13,17,23,34H,11-12,14-16H2,(H2,32,35)/t17-,23+/m1/s1. The van der Waals surface area contributed by atoms with E-state index < -0.39 is 46.6 Å². The lowest BCUT2D eigenvalue weighted by Crippen LogP contribution is -2.45. The number of β-amino-alcohol motifs (C(OH)–C–C–N with tert-alkyl or cyclic N) is 1. The van der Waals surface area contributed by atoms with Gasteiger partial charge in [-0.1, -0.05) is 30.3 Å². The summed E-state index contributed by atoms with van der Waals surface area (Å²) >= 11 is 0. The lowest BCUT2D eigenvalue weighted by atomic mass is 9.67. The largest absolute Gasteiger partial charge is 0.392 e. The summed E-state index contributed by atoms with van der Waals surface area (Å²) in [6.07, 6.45) is -0.0200. The molecule has 0 radical (unpaired) electrons. The van der Waals surface area contributed by atoms with E-state index in [4.69, 9.17) is 5.73 Å². The Bertz CT molecular complexity index is 1140. The minimum atomic E-state index is -1.56. The summed E-state index contributed by atoms with van der Waals surface area (Å²) in [5, 5.41) is 9.99. The lowest BCUT2D eigenvalue weighted by molar-refractivity contribution is -0.122. The lowest BCUT2D eigenvalue weighted by Gasteiger charge is -2.37. The molecule has 0 saturated carbocycles. The smallest absolute Gasteiger partial charge is 0.232 e. The average molecular weight is 487 g/mol. The molecule has 35 heavy (non-hydrogen) atoms. The molecule has 0 aliphatic carbocycles. The topological polar surface area (TPSA) is 66.6 Å². The number of hydrogen-bond acceptors (Lipinski definition) is 3. The zero-order valence-corrected chi connectivity index (χ0v) is 18.9. The van der Waals surface area contributed by atoms with Crippen molar-refractivity contribution in [3.05, 3.63) is 107 Å². The molecule has 184 valence electrons. The van der Waals surface area contributed by atoms with Crippen LogP contribution in [0.4, 0.5) is 17.6 Å². The first-order chi connectivity index (χ1) is 16.7. The van der Waals surface area contributed by atoms with E-state index in [9.17, 15) is 23.1 Å². The number of nitrogens with two attached hydrogens (primary N) is 1. The van der Waals surface area contributed by atoms with Crippen molar-refractivity contribution < 1.29 is 27.5 Å². The number of hydrogen-bond donors (Lipinski definition) is 2. The van der Waals surface area contributed by atoms with Gasteiger partial charge in [0.05, 0.1) is 11.5 Å². The van der Waals surface area contributed by atoms with Crippen LogP contribution in [0.3, 0.4) is 0 Å². The maximum absolute atomic E-state index is 15.0. The molecule has 1 amide bonds. The van der Waals surface area contributed by atoms with Gasteiger partial charge in [0.2, 0.25) is 5.91 Å². The van der Waals surface area contributed by atoms with E-state index in [0.29, 0.717) is 30.6 Å². The van der Waals surface area contributed by atoms with Crippen molar-refractivity contribution in [2.75, 3.05) is 19.6 Å². The molecule has 0 bridgehead atoms. The highest BCUT2D eigenvalue weighted by molar-refractivity contribution is 5.91. The van der Waals surface area contributed by atoms with E-state index in [0.717, 1.165) is 12.1 Å². The van der Waals surface area contributed by atoms with Crippen molar-refractivity contribution in [3.63, 3.8) is 0 Å². The number of likely N-dealkylation sites (tertiary alicyclic amines) is 1. The Morgan fingerprint density at radius 2 is 1.49 bits per heavy atom. The minimum absolute atomic E-state index is 0.0469. The molecule has 3 aromatic carbocycles. The van der Waals surface area contributed by atoms with Gasteiger partial charge >= 0.3 is 0 Å². The molecule has 0 unspecified atom stereocenters. The summed E-state index contributed by atoms with van der Waals surface area (Å²) in [4.78, 5) is 15.2. The highest BCUT2D eigenvalue weighted by Crippen LogP contribution is 2.42. The fourth-order valence-corrected chi connectivity index (χ4v) is 5.02. The van der Waals surface area contributed by atoms with Gasteiger partial charge in [-0.3, -0.25) is 4.79 Å². The second-order valence-electron chi connectivity index (χ2n) is 9.05. The molecule has 8 heteroatoms. The molecule has 1 saturated heterocycles. The van der Waals surface area contributed by atoms with Gasteiger partial charge in [-0.15, -0.1) is 0 Å². The maximum Gasteiger partial charge on any atom is 0.232 e. The molecule has 3 N–H and O–H groups in total. The van der Waals surface area contributed by atoms with Gasteiger partial charge in [-0.05, 0) is 59.9 Å². The van der Waals surface area contributed by atoms with Crippen molar-refractivity contribution in [1.82, 2.24) is 4.90 Å². The maximum atomic E-state index is 15.0. The second-order valence-corrected chi connectivity index (χ2v) is 9.05. The summed E-state index contributed by atoms with van der Waals surface area (Å²) < 4.78 is 56.3. The molecule has 1 fully saturated rings. The van der Waals surface area contributed by atoms with Crippen molar-refractivity contribution in [1.29, 1.82) is 0 Å². The van der Waals surface area contributed by atoms with Crippen molar-refractivity contribution in [2.45, 2.75) is 30.3 Å². The Balaban J connectivity index is 1.86. The molecule has 0 aromatic heterocycles. The van der Waals surface area contributed by atoms with Crippen LogP contribution in [0.2, 0.25) is 0 Å². The number of carbonyl (C=O) groups excluding carboxylic acids is 1. The molecule has 1 heterocycles. The van der Waals surface area contributed by atoms with Crippen LogP contribution in [0.25, 0.3) is 0 Å². The Morgan fingerprint density at radius 1 is 0.943 bits per heavy atom. The summed E-state index contributed by atoms with van der Waals surface area (Å²) in [6, 6.07) is 13.8. The van der Waals surface area contributed by atoms with Crippen LogP contribution in [0.5, 0.6) is 0 Å². The first-order valence-electron chi connectivity index (χ1n) is 11.4. The van der Waals surface area contributed by atoms with Gasteiger partial charge in [-0.2, -0.15) is 0 Å². The SMILES string of the molecule is NC(=O)C(C[C@H](CN1CC[C@H](O)C1)c1ccc(F)cc1F)(c1ccc(F)cc1)c1ccc(F)cc1. The van der Waals surface area contributed by atoms with Crippen LogP contribution < -0.4 is 5.73 Å². The molecular weight excluding hydrogens is 460 g/mol. The third kappa shape index (κ3) is 5.23. The van der Waals surface area contributed by atoms with E-state index in [1.165, 1.54) is 54.6 Å². The number of aliphatic hydroxyl groups excluding tert-OH is 1. The molecular formula is C27H26F4N2O2. The zero-order valence-electron chi connectivity index (χ0n) is 18.9. The summed E-state index contributed by atoms with van der Waals surface area (Å²) in [7, 11) is 0. The van der Waals surface area contributed by atoms with Gasteiger partial charge in [0.25, 0.3) is 0 Å². The van der Waals surface area contributed by atoms with E-state index in [1.54, 1.807) is 0 Å². The Hall–Kier alpha value is -3.23. The van der Waals surface area contributed by atoms with Gasteiger partial charge in [0.15, 0.2) is 0 Å².